The zero-order valence-electron chi connectivity index (χ0n) is 9.92. The van der Waals surface area contributed by atoms with Crippen molar-refractivity contribution in [3.05, 3.63) is 0 Å². The molecule has 0 aromatic rings. The summed E-state index contributed by atoms with van der Waals surface area (Å²) in [6, 6.07) is 0. The standard InChI is InChI=1S/C12H24O2/c1-9(2)10(3)11(13)12(4)7-5-6-8-14-12/h9-11,13H,5-8H2,1-4H3. The molecule has 0 aromatic heterocycles. The van der Waals surface area contributed by atoms with Gasteiger partial charge in [-0.3, -0.25) is 0 Å². The average molecular weight is 200 g/mol. The van der Waals surface area contributed by atoms with E-state index in [2.05, 4.69) is 27.7 Å². The van der Waals surface area contributed by atoms with Crippen LogP contribution in [-0.4, -0.2) is 23.4 Å². The largest absolute Gasteiger partial charge is 0.390 e. The fourth-order valence-corrected chi connectivity index (χ4v) is 2.11. The lowest BCUT2D eigenvalue weighted by atomic mass is 9.79. The summed E-state index contributed by atoms with van der Waals surface area (Å²) >= 11 is 0. The molecule has 0 aliphatic carbocycles. The second-order valence-electron chi connectivity index (χ2n) is 5.17. The van der Waals surface area contributed by atoms with E-state index in [1.807, 2.05) is 0 Å². The molecule has 1 aliphatic rings. The third-order valence-electron chi connectivity index (χ3n) is 3.67. The number of ether oxygens (including phenoxy) is 1. The molecular formula is C12H24O2. The molecule has 3 atom stereocenters. The van der Waals surface area contributed by atoms with Crippen LogP contribution in [0.1, 0.15) is 47.0 Å². The van der Waals surface area contributed by atoms with Gasteiger partial charge in [0.1, 0.15) is 0 Å². The van der Waals surface area contributed by atoms with Crippen LogP contribution in [0.3, 0.4) is 0 Å². The molecule has 14 heavy (non-hydrogen) atoms. The van der Waals surface area contributed by atoms with E-state index in [1.165, 1.54) is 6.42 Å². The number of rotatable bonds is 3. The van der Waals surface area contributed by atoms with Crippen LogP contribution >= 0.6 is 0 Å². The van der Waals surface area contributed by atoms with E-state index in [1.54, 1.807) is 0 Å². The van der Waals surface area contributed by atoms with Crippen LogP contribution < -0.4 is 0 Å². The Hall–Kier alpha value is -0.0800. The summed E-state index contributed by atoms with van der Waals surface area (Å²) in [6.07, 6.45) is 2.98. The normalized spacial score (nSPS) is 33.0. The number of aliphatic hydroxyl groups excluding tert-OH is 1. The molecule has 1 N–H and O–H groups in total. The molecule has 1 rings (SSSR count). The average Bonchev–Trinajstić information content (AvgIpc) is 2.16. The van der Waals surface area contributed by atoms with Gasteiger partial charge in [-0.25, -0.2) is 0 Å². The number of aliphatic hydroxyl groups is 1. The molecule has 2 heteroatoms. The van der Waals surface area contributed by atoms with Crippen molar-refractivity contribution in [2.45, 2.75) is 58.7 Å². The molecule has 1 saturated heterocycles. The highest BCUT2D eigenvalue weighted by Crippen LogP contribution is 2.33. The molecule has 3 unspecified atom stereocenters. The Morgan fingerprint density at radius 3 is 2.29 bits per heavy atom. The SMILES string of the molecule is CC(C)C(C)C(O)C1(C)CCCCO1. The van der Waals surface area contributed by atoms with Crippen LogP contribution in [0, 0.1) is 11.8 Å². The Morgan fingerprint density at radius 2 is 1.86 bits per heavy atom. The first-order valence-corrected chi connectivity index (χ1v) is 5.79. The summed E-state index contributed by atoms with van der Waals surface area (Å²) in [5.74, 6) is 0.811. The Balaban J connectivity index is 2.60. The van der Waals surface area contributed by atoms with Crippen molar-refractivity contribution >= 4 is 0 Å². The summed E-state index contributed by atoms with van der Waals surface area (Å²) < 4.78 is 5.75. The zero-order valence-corrected chi connectivity index (χ0v) is 9.92. The molecule has 2 nitrogen and oxygen atoms in total. The van der Waals surface area contributed by atoms with E-state index in [4.69, 9.17) is 4.74 Å². The second-order valence-corrected chi connectivity index (χ2v) is 5.17. The lowest BCUT2D eigenvalue weighted by molar-refractivity contribution is -0.155. The zero-order chi connectivity index (χ0) is 10.8. The van der Waals surface area contributed by atoms with Gasteiger partial charge in [-0.05, 0) is 38.0 Å². The van der Waals surface area contributed by atoms with Crippen molar-refractivity contribution in [3.8, 4) is 0 Å². The van der Waals surface area contributed by atoms with Gasteiger partial charge in [-0.1, -0.05) is 20.8 Å². The smallest absolute Gasteiger partial charge is 0.0914 e. The highest BCUT2D eigenvalue weighted by molar-refractivity contribution is 4.89. The van der Waals surface area contributed by atoms with E-state index < -0.39 is 0 Å². The first-order chi connectivity index (χ1) is 6.47. The van der Waals surface area contributed by atoms with Gasteiger partial charge in [0.15, 0.2) is 0 Å². The lowest BCUT2D eigenvalue weighted by Gasteiger charge is -2.41. The first kappa shape index (κ1) is 12.0. The summed E-state index contributed by atoms with van der Waals surface area (Å²) in [6.45, 7) is 9.27. The van der Waals surface area contributed by atoms with E-state index >= 15 is 0 Å². The van der Waals surface area contributed by atoms with Gasteiger partial charge in [-0.15, -0.1) is 0 Å². The summed E-state index contributed by atoms with van der Waals surface area (Å²) in [7, 11) is 0. The maximum absolute atomic E-state index is 10.2. The van der Waals surface area contributed by atoms with Gasteiger partial charge < -0.3 is 9.84 Å². The van der Waals surface area contributed by atoms with Crippen molar-refractivity contribution in [2.75, 3.05) is 6.61 Å². The molecule has 1 heterocycles. The van der Waals surface area contributed by atoms with Crippen molar-refractivity contribution < 1.29 is 9.84 Å². The molecule has 1 aliphatic heterocycles. The summed E-state index contributed by atoms with van der Waals surface area (Å²) in [4.78, 5) is 0. The van der Waals surface area contributed by atoms with Crippen LogP contribution in [0.5, 0.6) is 0 Å². The Labute approximate surface area is 87.7 Å². The van der Waals surface area contributed by atoms with Crippen molar-refractivity contribution in [2.24, 2.45) is 11.8 Å². The van der Waals surface area contributed by atoms with E-state index in [9.17, 15) is 5.11 Å². The molecule has 0 radical (unpaired) electrons. The number of hydrogen-bond acceptors (Lipinski definition) is 2. The fourth-order valence-electron chi connectivity index (χ4n) is 2.11. The van der Waals surface area contributed by atoms with Gasteiger partial charge in [0, 0.05) is 6.61 Å². The molecule has 1 fully saturated rings. The molecule has 84 valence electrons. The number of hydrogen-bond donors (Lipinski definition) is 1. The predicted molar refractivity (Wildman–Crippen MR) is 58.2 cm³/mol. The lowest BCUT2D eigenvalue weighted by Crippen LogP contribution is -2.48. The monoisotopic (exact) mass is 200 g/mol. The van der Waals surface area contributed by atoms with Crippen molar-refractivity contribution in [3.63, 3.8) is 0 Å². The fraction of sp³-hybridized carbons (Fsp3) is 1.00. The first-order valence-electron chi connectivity index (χ1n) is 5.79. The highest BCUT2D eigenvalue weighted by Gasteiger charge is 2.39. The van der Waals surface area contributed by atoms with E-state index in [0.717, 1.165) is 19.4 Å². The molecule has 0 aromatic carbocycles. The Bertz CT molecular complexity index is 171. The van der Waals surface area contributed by atoms with Crippen LogP contribution in [0.15, 0.2) is 0 Å². The third kappa shape index (κ3) is 2.48. The minimum Gasteiger partial charge on any atom is -0.390 e. The minimum absolute atomic E-state index is 0.304. The molecular weight excluding hydrogens is 176 g/mol. The van der Waals surface area contributed by atoms with E-state index in [-0.39, 0.29) is 11.7 Å². The highest BCUT2D eigenvalue weighted by atomic mass is 16.5. The third-order valence-corrected chi connectivity index (χ3v) is 3.67. The molecule has 0 saturated carbocycles. The van der Waals surface area contributed by atoms with Crippen LogP contribution in [0.2, 0.25) is 0 Å². The maximum atomic E-state index is 10.2. The van der Waals surface area contributed by atoms with Crippen LogP contribution in [0.4, 0.5) is 0 Å². The van der Waals surface area contributed by atoms with Gasteiger partial charge in [0.05, 0.1) is 11.7 Å². The van der Waals surface area contributed by atoms with Gasteiger partial charge >= 0.3 is 0 Å². The Kier molecular flexibility index (Phi) is 3.96. The van der Waals surface area contributed by atoms with Gasteiger partial charge in [0.25, 0.3) is 0 Å². The molecule has 0 bridgehead atoms. The van der Waals surface area contributed by atoms with Crippen molar-refractivity contribution in [1.29, 1.82) is 0 Å². The minimum atomic E-state index is -0.331. The van der Waals surface area contributed by atoms with Crippen LogP contribution in [-0.2, 0) is 4.74 Å². The van der Waals surface area contributed by atoms with Gasteiger partial charge in [-0.2, -0.15) is 0 Å². The molecule has 0 amide bonds. The quantitative estimate of drug-likeness (QED) is 0.759. The topological polar surface area (TPSA) is 29.5 Å². The van der Waals surface area contributed by atoms with E-state index in [0.29, 0.717) is 11.8 Å². The Morgan fingerprint density at radius 1 is 1.21 bits per heavy atom. The second kappa shape index (κ2) is 4.63. The predicted octanol–water partition coefficient (Wildman–Crippen LogP) is 2.60. The van der Waals surface area contributed by atoms with Gasteiger partial charge in [0.2, 0.25) is 0 Å². The summed E-state index contributed by atoms with van der Waals surface area (Å²) in [5.41, 5.74) is -0.304. The van der Waals surface area contributed by atoms with Crippen molar-refractivity contribution in [1.82, 2.24) is 0 Å². The maximum Gasteiger partial charge on any atom is 0.0914 e. The van der Waals surface area contributed by atoms with Crippen LogP contribution in [0.25, 0.3) is 0 Å². The molecule has 0 spiro atoms. The summed E-state index contributed by atoms with van der Waals surface area (Å²) in [5, 5.41) is 10.2.